The van der Waals surface area contributed by atoms with Crippen molar-refractivity contribution in [1.29, 1.82) is 0 Å². The first-order chi connectivity index (χ1) is 9.28. The number of fused-ring (bicyclic) bond motifs is 1. The second-order valence-electron chi connectivity index (χ2n) is 4.82. The zero-order valence-corrected chi connectivity index (χ0v) is 11.8. The minimum Gasteiger partial charge on any atom is -0.308 e. The number of rotatable bonds is 2. The molecule has 0 spiro atoms. The molecule has 6 heteroatoms. The number of nitrogen functional groups attached to an aromatic ring is 1. The fourth-order valence-electron chi connectivity index (χ4n) is 2.44. The molecule has 0 atom stereocenters. The number of thiazole rings is 1. The van der Waals surface area contributed by atoms with Gasteiger partial charge >= 0.3 is 0 Å². The number of nitrogens with two attached hydrogens (primary N) is 1. The van der Waals surface area contributed by atoms with Crippen molar-refractivity contribution in [2.24, 2.45) is 5.84 Å². The van der Waals surface area contributed by atoms with Crippen LogP contribution in [0.3, 0.4) is 0 Å². The van der Waals surface area contributed by atoms with Gasteiger partial charge in [0.25, 0.3) is 0 Å². The predicted octanol–water partition coefficient (Wildman–Crippen LogP) is 2.46. The molecule has 2 aromatic rings. The standard InChI is InChI=1S/C13H17N5S/c1-8-7-19-13(15-8)12-16-10-6-4-2-3-5-9(10)11(17-12)18-14/h7H,2-6,14H2,1H3,(H,16,17,18). The van der Waals surface area contributed by atoms with E-state index in [0.29, 0.717) is 5.82 Å². The summed E-state index contributed by atoms with van der Waals surface area (Å²) in [6, 6.07) is 0. The topological polar surface area (TPSA) is 76.7 Å². The molecule has 0 saturated carbocycles. The van der Waals surface area contributed by atoms with E-state index in [9.17, 15) is 0 Å². The second kappa shape index (κ2) is 5.22. The maximum absolute atomic E-state index is 5.62. The van der Waals surface area contributed by atoms with Crippen LogP contribution in [0.4, 0.5) is 5.82 Å². The summed E-state index contributed by atoms with van der Waals surface area (Å²) in [6.07, 6.45) is 5.62. The van der Waals surface area contributed by atoms with Crippen molar-refractivity contribution in [2.45, 2.75) is 39.0 Å². The van der Waals surface area contributed by atoms with Crippen molar-refractivity contribution in [1.82, 2.24) is 15.0 Å². The van der Waals surface area contributed by atoms with Crippen molar-refractivity contribution in [3.05, 3.63) is 22.3 Å². The van der Waals surface area contributed by atoms with Crippen LogP contribution in [0.25, 0.3) is 10.8 Å². The molecule has 0 unspecified atom stereocenters. The average molecular weight is 275 g/mol. The van der Waals surface area contributed by atoms with E-state index in [2.05, 4.69) is 15.4 Å². The number of aryl methyl sites for hydroxylation is 2. The summed E-state index contributed by atoms with van der Waals surface area (Å²) < 4.78 is 0. The molecule has 1 aliphatic carbocycles. The number of nitrogens with zero attached hydrogens (tertiary/aromatic N) is 3. The lowest BCUT2D eigenvalue weighted by Gasteiger charge is -2.11. The Morgan fingerprint density at radius 2 is 2.00 bits per heavy atom. The van der Waals surface area contributed by atoms with Gasteiger partial charge in [-0.3, -0.25) is 0 Å². The molecule has 3 N–H and O–H groups in total. The highest BCUT2D eigenvalue weighted by molar-refractivity contribution is 7.13. The molecular formula is C13H17N5S. The van der Waals surface area contributed by atoms with Crippen LogP contribution < -0.4 is 11.3 Å². The molecule has 0 amide bonds. The number of aromatic nitrogens is 3. The van der Waals surface area contributed by atoms with Gasteiger partial charge in [0, 0.05) is 22.3 Å². The summed E-state index contributed by atoms with van der Waals surface area (Å²) >= 11 is 1.57. The summed E-state index contributed by atoms with van der Waals surface area (Å²) in [6.45, 7) is 1.98. The Morgan fingerprint density at radius 3 is 2.74 bits per heavy atom. The molecular weight excluding hydrogens is 258 g/mol. The predicted molar refractivity (Wildman–Crippen MR) is 76.9 cm³/mol. The highest BCUT2D eigenvalue weighted by Crippen LogP contribution is 2.28. The molecule has 3 rings (SSSR count). The van der Waals surface area contributed by atoms with Crippen LogP contribution in [0.5, 0.6) is 0 Å². The summed E-state index contributed by atoms with van der Waals surface area (Å²) in [4.78, 5) is 13.7. The lowest BCUT2D eigenvalue weighted by molar-refractivity contribution is 0.709. The summed E-state index contributed by atoms with van der Waals surface area (Å²) in [7, 11) is 0. The molecule has 5 nitrogen and oxygen atoms in total. The van der Waals surface area contributed by atoms with E-state index in [-0.39, 0.29) is 0 Å². The van der Waals surface area contributed by atoms with Gasteiger partial charge in [0.2, 0.25) is 0 Å². The Morgan fingerprint density at radius 1 is 1.16 bits per heavy atom. The highest BCUT2D eigenvalue weighted by atomic mass is 32.1. The first kappa shape index (κ1) is 12.5. The Labute approximate surface area is 116 Å². The van der Waals surface area contributed by atoms with Crippen LogP contribution in [0.15, 0.2) is 5.38 Å². The lowest BCUT2D eigenvalue weighted by atomic mass is 10.1. The minimum atomic E-state index is 0.687. The van der Waals surface area contributed by atoms with Gasteiger partial charge < -0.3 is 5.43 Å². The van der Waals surface area contributed by atoms with E-state index in [1.54, 1.807) is 11.3 Å². The van der Waals surface area contributed by atoms with Gasteiger partial charge in [-0.2, -0.15) is 0 Å². The Balaban J connectivity index is 2.09. The van der Waals surface area contributed by atoms with Crippen LogP contribution in [0, 0.1) is 6.92 Å². The third-order valence-electron chi connectivity index (χ3n) is 3.38. The van der Waals surface area contributed by atoms with E-state index in [4.69, 9.17) is 10.8 Å². The smallest absolute Gasteiger partial charge is 0.190 e. The first-order valence-electron chi connectivity index (χ1n) is 6.57. The SMILES string of the molecule is Cc1csc(-c2nc3c(c(NN)n2)CCCCC3)n1. The molecule has 2 heterocycles. The van der Waals surface area contributed by atoms with Crippen LogP contribution in [-0.4, -0.2) is 15.0 Å². The fraction of sp³-hybridized carbons (Fsp3) is 0.462. The first-order valence-corrected chi connectivity index (χ1v) is 7.45. The van der Waals surface area contributed by atoms with E-state index >= 15 is 0 Å². The highest BCUT2D eigenvalue weighted by Gasteiger charge is 2.18. The summed E-state index contributed by atoms with van der Waals surface area (Å²) in [5, 5.41) is 2.88. The molecule has 2 aromatic heterocycles. The van der Waals surface area contributed by atoms with Gasteiger partial charge in [0.1, 0.15) is 5.82 Å². The molecule has 0 aliphatic heterocycles. The zero-order valence-electron chi connectivity index (χ0n) is 10.9. The van der Waals surface area contributed by atoms with Gasteiger partial charge in [-0.15, -0.1) is 11.3 Å². The average Bonchev–Trinajstić information content (AvgIpc) is 2.72. The molecule has 19 heavy (non-hydrogen) atoms. The largest absolute Gasteiger partial charge is 0.308 e. The van der Waals surface area contributed by atoms with Gasteiger partial charge in [-0.1, -0.05) is 6.42 Å². The van der Waals surface area contributed by atoms with E-state index < -0.39 is 0 Å². The Hall–Kier alpha value is -1.53. The van der Waals surface area contributed by atoms with Gasteiger partial charge in [0.05, 0.1) is 0 Å². The van der Waals surface area contributed by atoms with Crippen molar-refractivity contribution >= 4 is 17.2 Å². The Kier molecular flexibility index (Phi) is 3.44. The number of nitrogens with one attached hydrogen (secondary N) is 1. The number of anilines is 1. The minimum absolute atomic E-state index is 0.687. The van der Waals surface area contributed by atoms with Crippen LogP contribution in [-0.2, 0) is 12.8 Å². The summed E-state index contributed by atoms with van der Waals surface area (Å²) in [5.41, 5.74) is 6.03. The van der Waals surface area contributed by atoms with E-state index in [1.807, 2.05) is 12.3 Å². The van der Waals surface area contributed by atoms with E-state index in [0.717, 1.165) is 35.1 Å². The third-order valence-corrected chi connectivity index (χ3v) is 4.34. The molecule has 0 aromatic carbocycles. The van der Waals surface area contributed by atoms with Gasteiger partial charge in [-0.05, 0) is 32.6 Å². The molecule has 100 valence electrons. The number of hydrazine groups is 1. The Bertz CT molecular complexity index is 593. The van der Waals surface area contributed by atoms with Crippen molar-refractivity contribution in [3.8, 4) is 10.8 Å². The van der Waals surface area contributed by atoms with Crippen LogP contribution in [0.1, 0.15) is 36.2 Å². The second-order valence-corrected chi connectivity index (χ2v) is 5.68. The van der Waals surface area contributed by atoms with Crippen LogP contribution >= 0.6 is 11.3 Å². The molecule has 0 radical (unpaired) electrons. The number of hydrogen-bond donors (Lipinski definition) is 2. The van der Waals surface area contributed by atoms with Gasteiger partial charge in [0.15, 0.2) is 10.8 Å². The van der Waals surface area contributed by atoms with Crippen molar-refractivity contribution < 1.29 is 0 Å². The monoisotopic (exact) mass is 275 g/mol. The van der Waals surface area contributed by atoms with Crippen molar-refractivity contribution in [2.75, 3.05) is 5.43 Å². The fourth-order valence-corrected chi connectivity index (χ4v) is 3.17. The zero-order chi connectivity index (χ0) is 13.2. The number of hydrogen-bond acceptors (Lipinski definition) is 6. The third kappa shape index (κ3) is 2.46. The lowest BCUT2D eigenvalue weighted by Crippen LogP contribution is -2.14. The van der Waals surface area contributed by atoms with Crippen molar-refractivity contribution in [3.63, 3.8) is 0 Å². The molecule has 0 bridgehead atoms. The van der Waals surface area contributed by atoms with Gasteiger partial charge in [-0.25, -0.2) is 20.8 Å². The molecule has 0 fully saturated rings. The maximum atomic E-state index is 5.62. The van der Waals surface area contributed by atoms with Crippen LogP contribution in [0.2, 0.25) is 0 Å². The maximum Gasteiger partial charge on any atom is 0.190 e. The quantitative estimate of drug-likeness (QED) is 0.500. The molecule has 1 aliphatic rings. The molecule has 0 saturated heterocycles. The summed E-state index contributed by atoms with van der Waals surface area (Å²) in [5.74, 6) is 7.07. The van der Waals surface area contributed by atoms with E-state index in [1.165, 1.54) is 24.8 Å². The normalized spacial score (nSPS) is 14.8.